The van der Waals surface area contributed by atoms with Crippen LogP contribution in [-0.2, 0) is 19.6 Å². The maximum atomic E-state index is 12.5. The Kier molecular flexibility index (Phi) is 7.47. The van der Waals surface area contributed by atoms with Crippen LogP contribution in [0.2, 0.25) is 0 Å². The molecule has 0 N–H and O–H groups in total. The Labute approximate surface area is 170 Å². The Hall–Kier alpha value is -3.22. The molecule has 29 heavy (non-hydrogen) atoms. The molecule has 0 fully saturated rings. The van der Waals surface area contributed by atoms with Crippen LogP contribution in [0.25, 0.3) is 0 Å². The highest BCUT2D eigenvalue weighted by Gasteiger charge is 2.21. The number of anilines is 1. The van der Waals surface area contributed by atoms with Crippen molar-refractivity contribution in [3.05, 3.63) is 60.2 Å². The summed E-state index contributed by atoms with van der Waals surface area (Å²) < 4.78 is 30.5. The topological polar surface area (TPSA) is 108 Å². The molecular formula is C20H21N3O5S. The number of rotatable bonds is 8. The van der Waals surface area contributed by atoms with E-state index in [4.69, 9.17) is 10.00 Å². The van der Waals surface area contributed by atoms with E-state index in [-0.39, 0.29) is 23.4 Å². The second kappa shape index (κ2) is 9.82. The third kappa shape index (κ3) is 5.63. The third-order valence-corrected chi connectivity index (χ3v) is 5.80. The van der Waals surface area contributed by atoms with Crippen molar-refractivity contribution in [2.75, 3.05) is 32.1 Å². The van der Waals surface area contributed by atoms with Gasteiger partial charge in [-0.15, -0.1) is 0 Å². The van der Waals surface area contributed by atoms with Crippen LogP contribution in [0.1, 0.15) is 16.8 Å². The monoisotopic (exact) mass is 415 g/mol. The van der Waals surface area contributed by atoms with Gasteiger partial charge in [0, 0.05) is 26.3 Å². The lowest BCUT2D eigenvalue weighted by Crippen LogP contribution is -2.35. The lowest BCUT2D eigenvalue weighted by molar-refractivity contribution is -0.121. The summed E-state index contributed by atoms with van der Waals surface area (Å²) in [4.78, 5) is 26.2. The number of esters is 1. The quantitative estimate of drug-likeness (QED) is 0.611. The first-order chi connectivity index (χ1) is 13.8. The van der Waals surface area contributed by atoms with Gasteiger partial charge in [0.1, 0.15) is 0 Å². The second-order valence-corrected chi connectivity index (χ2v) is 8.33. The number of ether oxygens (including phenoxy) is 1. The average molecular weight is 415 g/mol. The minimum Gasteiger partial charge on any atom is -0.452 e. The zero-order chi connectivity index (χ0) is 21.4. The molecule has 2 aromatic rings. The molecule has 2 rings (SSSR count). The molecule has 0 aliphatic rings. The molecule has 0 saturated carbocycles. The van der Waals surface area contributed by atoms with Gasteiger partial charge < -0.3 is 9.64 Å². The van der Waals surface area contributed by atoms with Gasteiger partial charge in [-0.2, -0.15) is 5.26 Å². The number of para-hydroxylation sites is 1. The summed E-state index contributed by atoms with van der Waals surface area (Å²) in [6.07, 6.45) is 0.124. The second-order valence-electron chi connectivity index (χ2n) is 6.18. The highest BCUT2D eigenvalue weighted by atomic mass is 32.2. The fourth-order valence-corrected chi connectivity index (χ4v) is 3.40. The molecule has 0 heterocycles. The van der Waals surface area contributed by atoms with E-state index in [9.17, 15) is 18.0 Å². The Morgan fingerprint density at radius 3 is 2.38 bits per heavy atom. The fourth-order valence-electron chi connectivity index (χ4n) is 2.45. The Bertz CT molecular complexity index is 1010. The molecule has 0 aliphatic carbocycles. The van der Waals surface area contributed by atoms with Crippen molar-refractivity contribution in [1.29, 1.82) is 5.26 Å². The highest BCUT2D eigenvalue weighted by Crippen LogP contribution is 2.17. The predicted octanol–water partition coefficient (Wildman–Crippen LogP) is 2.04. The van der Waals surface area contributed by atoms with Crippen molar-refractivity contribution in [3.63, 3.8) is 0 Å². The largest absolute Gasteiger partial charge is 0.452 e. The summed E-state index contributed by atoms with van der Waals surface area (Å²) in [5, 5.41) is 8.82. The summed E-state index contributed by atoms with van der Waals surface area (Å²) >= 11 is 0. The minimum atomic E-state index is -3.70. The van der Waals surface area contributed by atoms with Crippen LogP contribution in [-0.4, -0.2) is 51.8 Å². The number of benzene rings is 2. The van der Waals surface area contributed by atoms with Crippen LogP contribution in [0.15, 0.2) is 59.5 Å². The van der Waals surface area contributed by atoms with E-state index in [1.807, 2.05) is 6.07 Å². The standard InChI is InChI=1S/C20H21N3O5S/c1-22(2)29(26,27)18-11-6-8-16(14-18)20(25)28-15-19(24)23(13-7-12-21)17-9-4-3-5-10-17/h3-6,8-11,14H,7,13,15H2,1-2H3. The Balaban J connectivity index is 2.11. The number of amides is 1. The molecule has 0 unspecified atom stereocenters. The van der Waals surface area contributed by atoms with Crippen molar-refractivity contribution in [3.8, 4) is 6.07 Å². The van der Waals surface area contributed by atoms with E-state index >= 15 is 0 Å². The summed E-state index contributed by atoms with van der Waals surface area (Å²) in [6, 6.07) is 16.1. The predicted molar refractivity (Wildman–Crippen MR) is 107 cm³/mol. The first kappa shape index (κ1) is 22.1. The summed E-state index contributed by atoms with van der Waals surface area (Å²) in [7, 11) is -0.930. The van der Waals surface area contributed by atoms with E-state index in [0.717, 1.165) is 4.31 Å². The van der Waals surface area contributed by atoms with Gasteiger partial charge >= 0.3 is 5.97 Å². The average Bonchev–Trinajstić information content (AvgIpc) is 2.73. The normalized spacial score (nSPS) is 11.0. The molecular weight excluding hydrogens is 394 g/mol. The van der Waals surface area contributed by atoms with Gasteiger partial charge in [0.05, 0.1) is 22.9 Å². The van der Waals surface area contributed by atoms with Gasteiger partial charge in [-0.1, -0.05) is 24.3 Å². The minimum absolute atomic E-state index is 0.0176. The number of carbonyl (C=O) groups is 2. The fraction of sp³-hybridized carbons (Fsp3) is 0.250. The number of carbonyl (C=O) groups excluding carboxylic acids is 2. The summed E-state index contributed by atoms with van der Waals surface area (Å²) in [5.74, 6) is -1.31. The number of hydrogen-bond donors (Lipinski definition) is 0. The molecule has 8 nitrogen and oxygen atoms in total. The maximum Gasteiger partial charge on any atom is 0.338 e. The molecule has 0 saturated heterocycles. The van der Waals surface area contributed by atoms with Crippen molar-refractivity contribution in [2.24, 2.45) is 0 Å². The van der Waals surface area contributed by atoms with Gasteiger partial charge in [-0.05, 0) is 30.3 Å². The Morgan fingerprint density at radius 2 is 1.76 bits per heavy atom. The number of nitrogens with zero attached hydrogens (tertiary/aromatic N) is 3. The van der Waals surface area contributed by atoms with E-state index in [1.165, 1.54) is 43.3 Å². The molecule has 0 bridgehead atoms. The molecule has 1 amide bonds. The Morgan fingerprint density at radius 1 is 1.07 bits per heavy atom. The number of sulfonamides is 1. The third-order valence-electron chi connectivity index (χ3n) is 3.99. The van der Waals surface area contributed by atoms with Gasteiger partial charge in [0.25, 0.3) is 5.91 Å². The summed E-state index contributed by atoms with van der Waals surface area (Å²) in [6.45, 7) is -0.378. The number of nitriles is 1. The zero-order valence-electron chi connectivity index (χ0n) is 16.1. The molecule has 0 spiro atoms. The molecule has 9 heteroatoms. The van der Waals surface area contributed by atoms with E-state index in [2.05, 4.69) is 0 Å². The molecule has 0 atom stereocenters. The van der Waals surface area contributed by atoms with Crippen LogP contribution in [0.5, 0.6) is 0 Å². The molecule has 0 radical (unpaired) electrons. The first-order valence-electron chi connectivity index (χ1n) is 8.69. The smallest absolute Gasteiger partial charge is 0.338 e. The molecule has 0 aromatic heterocycles. The maximum absolute atomic E-state index is 12.5. The first-order valence-corrected chi connectivity index (χ1v) is 10.1. The molecule has 152 valence electrons. The van der Waals surface area contributed by atoms with Crippen molar-refractivity contribution in [1.82, 2.24) is 4.31 Å². The van der Waals surface area contributed by atoms with Crippen molar-refractivity contribution in [2.45, 2.75) is 11.3 Å². The van der Waals surface area contributed by atoms with E-state index < -0.39 is 28.5 Å². The molecule has 2 aromatic carbocycles. The van der Waals surface area contributed by atoms with Crippen LogP contribution < -0.4 is 4.90 Å². The lowest BCUT2D eigenvalue weighted by Gasteiger charge is -2.21. The van der Waals surface area contributed by atoms with E-state index in [1.54, 1.807) is 30.3 Å². The SMILES string of the molecule is CN(C)S(=O)(=O)c1cccc(C(=O)OCC(=O)N(CCC#N)c2ccccc2)c1. The lowest BCUT2D eigenvalue weighted by atomic mass is 10.2. The molecule has 0 aliphatic heterocycles. The van der Waals surface area contributed by atoms with Gasteiger partial charge in [0.2, 0.25) is 10.0 Å². The number of hydrogen-bond acceptors (Lipinski definition) is 6. The van der Waals surface area contributed by atoms with Crippen molar-refractivity contribution >= 4 is 27.6 Å². The van der Waals surface area contributed by atoms with Crippen LogP contribution >= 0.6 is 0 Å². The highest BCUT2D eigenvalue weighted by molar-refractivity contribution is 7.89. The van der Waals surface area contributed by atoms with Crippen LogP contribution in [0, 0.1) is 11.3 Å². The van der Waals surface area contributed by atoms with Crippen molar-refractivity contribution < 1.29 is 22.7 Å². The van der Waals surface area contributed by atoms with Gasteiger partial charge in [-0.3, -0.25) is 4.79 Å². The van der Waals surface area contributed by atoms with Crippen LogP contribution in [0.4, 0.5) is 5.69 Å². The van der Waals surface area contributed by atoms with Gasteiger partial charge in [-0.25, -0.2) is 17.5 Å². The van der Waals surface area contributed by atoms with Gasteiger partial charge in [0.15, 0.2) is 6.61 Å². The van der Waals surface area contributed by atoms with Crippen LogP contribution in [0.3, 0.4) is 0 Å². The van der Waals surface area contributed by atoms with E-state index in [0.29, 0.717) is 5.69 Å². The zero-order valence-corrected chi connectivity index (χ0v) is 16.9. The summed E-state index contributed by atoms with van der Waals surface area (Å²) in [5.41, 5.74) is 0.604.